The van der Waals surface area contributed by atoms with E-state index in [0.717, 1.165) is 16.2 Å². The van der Waals surface area contributed by atoms with Crippen molar-refractivity contribution in [3.63, 3.8) is 0 Å². The van der Waals surface area contributed by atoms with Crippen LogP contribution in [0.15, 0.2) is 71.6 Å². The first kappa shape index (κ1) is 22.2. The predicted octanol–water partition coefficient (Wildman–Crippen LogP) is 5.04. The van der Waals surface area contributed by atoms with Gasteiger partial charge in [0.25, 0.3) is 5.91 Å². The number of ether oxygens (including phenoxy) is 3. The second kappa shape index (κ2) is 10.5. The van der Waals surface area contributed by atoms with E-state index in [4.69, 9.17) is 14.2 Å². The van der Waals surface area contributed by atoms with Crippen LogP contribution in [-0.2, 0) is 10.5 Å². The van der Waals surface area contributed by atoms with Crippen LogP contribution in [0.3, 0.4) is 0 Å². The van der Waals surface area contributed by atoms with Gasteiger partial charge in [-0.25, -0.2) is 4.79 Å². The topological polar surface area (TPSA) is 73.9 Å². The Labute approximate surface area is 185 Å². The lowest BCUT2D eigenvalue weighted by Crippen LogP contribution is -2.16. The van der Waals surface area contributed by atoms with E-state index in [-0.39, 0.29) is 17.2 Å². The molecule has 0 aromatic heterocycles. The lowest BCUT2D eigenvalue weighted by atomic mass is 10.1. The van der Waals surface area contributed by atoms with Crippen LogP contribution >= 0.6 is 11.8 Å². The fraction of sp³-hybridized carbons (Fsp3) is 0.167. The third-order valence-electron chi connectivity index (χ3n) is 4.55. The molecule has 0 aliphatic rings. The van der Waals surface area contributed by atoms with E-state index >= 15 is 0 Å². The molecule has 160 valence electrons. The number of anilines is 1. The normalized spacial score (nSPS) is 10.3. The van der Waals surface area contributed by atoms with E-state index in [1.165, 1.54) is 27.4 Å². The van der Waals surface area contributed by atoms with Crippen molar-refractivity contribution < 1.29 is 23.8 Å². The van der Waals surface area contributed by atoms with Gasteiger partial charge in [0, 0.05) is 22.8 Å². The van der Waals surface area contributed by atoms with Gasteiger partial charge in [0.2, 0.25) is 0 Å². The van der Waals surface area contributed by atoms with Gasteiger partial charge in [-0.05, 0) is 17.7 Å². The summed E-state index contributed by atoms with van der Waals surface area (Å²) in [6.07, 6.45) is 0. The van der Waals surface area contributed by atoms with Crippen LogP contribution in [0.2, 0.25) is 0 Å². The Morgan fingerprint density at radius 2 is 1.48 bits per heavy atom. The van der Waals surface area contributed by atoms with E-state index in [1.54, 1.807) is 30.0 Å². The van der Waals surface area contributed by atoms with Crippen molar-refractivity contribution in [3.05, 3.63) is 83.4 Å². The van der Waals surface area contributed by atoms with Crippen LogP contribution in [-0.4, -0.2) is 33.2 Å². The standard InChI is InChI=1S/C24H23NO5S/c1-28-20-13-18(24(27)30-3)19(14-21(20)29-2)25-23(26)17-11-7-8-12-22(17)31-15-16-9-5-4-6-10-16/h4-14H,15H2,1-3H3,(H,25,26). The average Bonchev–Trinajstić information content (AvgIpc) is 2.82. The quantitative estimate of drug-likeness (QED) is 0.393. The Hall–Kier alpha value is -3.45. The fourth-order valence-electron chi connectivity index (χ4n) is 2.97. The average molecular weight is 438 g/mol. The van der Waals surface area contributed by atoms with Gasteiger partial charge in [0.1, 0.15) is 0 Å². The highest BCUT2D eigenvalue weighted by Crippen LogP contribution is 2.34. The molecule has 3 aromatic rings. The summed E-state index contributed by atoms with van der Waals surface area (Å²) in [5, 5.41) is 2.82. The smallest absolute Gasteiger partial charge is 0.340 e. The maximum atomic E-state index is 13.1. The summed E-state index contributed by atoms with van der Waals surface area (Å²) in [5.41, 5.74) is 2.12. The van der Waals surface area contributed by atoms with E-state index in [2.05, 4.69) is 5.32 Å². The zero-order valence-electron chi connectivity index (χ0n) is 17.5. The molecule has 0 atom stereocenters. The van der Waals surface area contributed by atoms with Crippen molar-refractivity contribution in [2.24, 2.45) is 0 Å². The number of esters is 1. The minimum absolute atomic E-state index is 0.169. The van der Waals surface area contributed by atoms with E-state index in [9.17, 15) is 9.59 Å². The number of nitrogens with one attached hydrogen (secondary N) is 1. The Bertz CT molecular complexity index is 1070. The van der Waals surface area contributed by atoms with Crippen molar-refractivity contribution in [2.45, 2.75) is 10.6 Å². The number of hydrogen-bond donors (Lipinski definition) is 1. The minimum atomic E-state index is -0.594. The number of methoxy groups -OCH3 is 3. The summed E-state index contributed by atoms with van der Waals surface area (Å²) >= 11 is 1.57. The number of hydrogen-bond acceptors (Lipinski definition) is 6. The Kier molecular flexibility index (Phi) is 7.56. The molecule has 3 aromatic carbocycles. The van der Waals surface area contributed by atoms with Crippen molar-refractivity contribution in [1.29, 1.82) is 0 Å². The van der Waals surface area contributed by atoms with Crippen LogP contribution < -0.4 is 14.8 Å². The third-order valence-corrected chi connectivity index (χ3v) is 5.69. The second-order valence-electron chi connectivity index (χ2n) is 6.47. The largest absolute Gasteiger partial charge is 0.493 e. The number of rotatable bonds is 8. The molecule has 0 aliphatic heterocycles. The van der Waals surface area contributed by atoms with Crippen LogP contribution in [0.1, 0.15) is 26.3 Å². The third kappa shape index (κ3) is 5.38. The van der Waals surface area contributed by atoms with Crippen LogP contribution in [0.5, 0.6) is 11.5 Å². The molecule has 1 N–H and O–H groups in total. The zero-order valence-corrected chi connectivity index (χ0v) is 18.3. The van der Waals surface area contributed by atoms with Gasteiger partial charge >= 0.3 is 5.97 Å². The van der Waals surface area contributed by atoms with Gasteiger partial charge in [-0.15, -0.1) is 11.8 Å². The fourth-order valence-corrected chi connectivity index (χ4v) is 3.97. The molecule has 3 rings (SSSR count). The maximum Gasteiger partial charge on any atom is 0.340 e. The molecular formula is C24H23NO5S. The van der Waals surface area contributed by atoms with Crippen LogP contribution in [0.25, 0.3) is 0 Å². The summed E-state index contributed by atoms with van der Waals surface area (Å²) in [5.74, 6) is 0.544. The van der Waals surface area contributed by atoms with Gasteiger partial charge in [0.15, 0.2) is 11.5 Å². The molecule has 0 unspecified atom stereocenters. The summed E-state index contributed by atoms with van der Waals surface area (Å²) in [4.78, 5) is 26.2. The Morgan fingerprint density at radius 1 is 0.839 bits per heavy atom. The van der Waals surface area contributed by atoms with Gasteiger partial charge in [-0.3, -0.25) is 4.79 Å². The number of benzene rings is 3. The SMILES string of the molecule is COC(=O)c1cc(OC)c(OC)cc1NC(=O)c1ccccc1SCc1ccccc1. The number of carbonyl (C=O) groups excluding carboxylic acids is 2. The summed E-state index contributed by atoms with van der Waals surface area (Å²) in [7, 11) is 4.23. The van der Waals surface area contributed by atoms with Crippen molar-refractivity contribution >= 4 is 29.3 Å². The molecule has 0 spiro atoms. The number of thioether (sulfide) groups is 1. The summed E-state index contributed by atoms with van der Waals surface area (Å²) in [6.45, 7) is 0. The number of carbonyl (C=O) groups is 2. The monoisotopic (exact) mass is 437 g/mol. The Balaban J connectivity index is 1.88. The molecule has 0 heterocycles. The first-order chi connectivity index (χ1) is 15.1. The van der Waals surface area contributed by atoms with Crippen LogP contribution in [0.4, 0.5) is 5.69 Å². The molecule has 0 saturated carbocycles. The van der Waals surface area contributed by atoms with Crippen molar-refractivity contribution in [1.82, 2.24) is 0 Å². The highest BCUT2D eigenvalue weighted by molar-refractivity contribution is 7.98. The van der Waals surface area contributed by atoms with Crippen LogP contribution in [0, 0.1) is 0 Å². The van der Waals surface area contributed by atoms with Crippen molar-refractivity contribution in [3.8, 4) is 11.5 Å². The molecular weight excluding hydrogens is 414 g/mol. The molecule has 0 fully saturated rings. The van der Waals surface area contributed by atoms with Gasteiger partial charge in [-0.2, -0.15) is 0 Å². The van der Waals surface area contributed by atoms with E-state index in [0.29, 0.717) is 17.1 Å². The van der Waals surface area contributed by atoms with Gasteiger partial charge < -0.3 is 19.5 Å². The molecule has 0 aliphatic carbocycles. The molecule has 7 heteroatoms. The lowest BCUT2D eigenvalue weighted by Gasteiger charge is -2.15. The first-order valence-electron chi connectivity index (χ1n) is 9.48. The summed E-state index contributed by atoms with van der Waals surface area (Å²) < 4.78 is 15.4. The molecule has 1 amide bonds. The molecule has 0 bridgehead atoms. The first-order valence-corrected chi connectivity index (χ1v) is 10.5. The van der Waals surface area contributed by atoms with Gasteiger partial charge in [-0.1, -0.05) is 42.5 Å². The Morgan fingerprint density at radius 3 is 2.16 bits per heavy atom. The number of amides is 1. The molecule has 0 radical (unpaired) electrons. The van der Waals surface area contributed by atoms with E-state index in [1.807, 2.05) is 42.5 Å². The maximum absolute atomic E-state index is 13.1. The van der Waals surface area contributed by atoms with Crippen molar-refractivity contribution in [2.75, 3.05) is 26.6 Å². The predicted molar refractivity (Wildman–Crippen MR) is 121 cm³/mol. The lowest BCUT2D eigenvalue weighted by molar-refractivity contribution is 0.0601. The summed E-state index contributed by atoms with van der Waals surface area (Å²) in [6, 6.07) is 20.4. The second-order valence-corrected chi connectivity index (χ2v) is 7.49. The molecule has 31 heavy (non-hydrogen) atoms. The van der Waals surface area contributed by atoms with Gasteiger partial charge in [0.05, 0.1) is 38.1 Å². The molecule has 6 nitrogen and oxygen atoms in total. The zero-order chi connectivity index (χ0) is 22.2. The highest BCUT2D eigenvalue weighted by Gasteiger charge is 2.20. The highest BCUT2D eigenvalue weighted by atomic mass is 32.2. The van der Waals surface area contributed by atoms with E-state index < -0.39 is 5.97 Å². The minimum Gasteiger partial charge on any atom is -0.493 e. The molecule has 0 saturated heterocycles.